The maximum atomic E-state index is 13.5. The predicted octanol–water partition coefficient (Wildman–Crippen LogP) is 2.78. The first-order valence-electron chi connectivity index (χ1n) is 10.9. The Morgan fingerprint density at radius 3 is 2.78 bits per heavy atom. The van der Waals surface area contributed by atoms with Crippen molar-refractivity contribution in [2.24, 2.45) is 12.8 Å². The third-order valence-electron chi connectivity index (χ3n) is 5.89. The maximum absolute atomic E-state index is 13.5. The normalized spacial score (nSPS) is 16.6. The van der Waals surface area contributed by atoms with E-state index in [1.165, 1.54) is 4.88 Å². The zero-order chi connectivity index (χ0) is 22.1. The van der Waals surface area contributed by atoms with Crippen molar-refractivity contribution in [3.05, 3.63) is 68.6 Å². The number of fused-ring (bicyclic) bond motifs is 1. The van der Waals surface area contributed by atoms with Gasteiger partial charge in [0.25, 0.3) is 5.56 Å². The Morgan fingerprint density at radius 1 is 1.19 bits per heavy atom. The Hall–Kier alpha value is -3.17. The number of anilines is 2. The lowest BCUT2D eigenvalue weighted by Crippen LogP contribution is -2.44. The lowest BCUT2D eigenvalue weighted by Gasteiger charge is -2.31. The number of nitrogens with one attached hydrogen (secondary N) is 1. The van der Waals surface area contributed by atoms with Crippen LogP contribution in [0.15, 0.2) is 52.6 Å². The van der Waals surface area contributed by atoms with Crippen LogP contribution in [0, 0.1) is 0 Å². The summed E-state index contributed by atoms with van der Waals surface area (Å²) < 4.78 is 3.58. The summed E-state index contributed by atoms with van der Waals surface area (Å²) in [6.07, 6.45) is 2.01. The van der Waals surface area contributed by atoms with E-state index in [-0.39, 0.29) is 11.6 Å². The van der Waals surface area contributed by atoms with E-state index in [4.69, 9.17) is 15.7 Å². The smallest absolute Gasteiger partial charge is 0.281 e. The quantitative estimate of drug-likeness (QED) is 0.470. The lowest BCUT2D eigenvalue weighted by molar-refractivity contribution is 0.495. The summed E-state index contributed by atoms with van der Waals surface area (Å²) in [4.78, 5) is 26.4. The topological polar surface area (TPSA) is 94.0 Å². The molecule has 5 rings (SSSR count). The first-order chi connectivity index (χ1) is 15.6. The van der Waals surface area contributed by atoms with Gasteiger partial charge in [0.2, 0.25) is 11.9 Å². The fourth-order valence-electron chi connectivity index (χ4n) is 4.23. The monoisotopic (exact) mass is 449 g/mol. The molecule has 0 spiro atoms. The number of benzene rings is 1. The maximum Gasteiger partial charge on any atom is 0.281 e. The minimum absolute atomic E-state index is 0.104. The summed E-state index contributed by atoms with van der Waals surface area (Å²) in [6, 6.07) is 14.3. The van der Waals surface area contributed by atoms with E-state index in [0.717, 1.165) is 37.4 Å². The van der Waals surface area contributed by atoms with Crippen LogP contribution in [0.2, 0.25) is 0 Å². The molecule has 0 bridgehead atoms. The first kappa shape index (κ1) is 20.7. The van der Waals surface area contributed by atoms with Crippen LogP contribution < -0.4 is 21.5 Å². The van der Waals surface area contributed by atoms with Crippen LogP contribution in [0.5, 0.6) is 0 Å². The minimum atomic E-state index is -0.111. The van der Waals surface area contributed by atoms with Crippen LogP contribution in [0.25, 0.3) is 11.2 Å². The van der Waals surface area contributed by atoms with Gasteiger partial charge in [-0.3, -0.25) is 13.9 Å². The van der Waals surface area contributed by atoms with Crippen LogP contribution in [-0.4, -0.2) is 38.2 Å². The molecule has 32 heavy (non-hydrogen) atoms. The number of thiophene rings is 1. The molecule has 1 saturated heterocycles. The molecule has 3 aromatic heterocycles. The van der Waals surface area contributed by atoms with Gasteiger partial charge in [-0.1, -0.05) is 36.4 Å². The standard InChI is InChI=1S/C23H27N7OS/c1-28-21(31)19-20(26-22(28)25-13-18-10-6-12-32-18)27-23(29-11-5-9-17(24)15-29)30(19)14-16-7-3-2-4-8-16/h2-4,6-8,10,12,17H,5,9,11,13-15,24H2,1H3,(H,25,26). The van der Waals surface area contributed by atoms with Crippen molar-refractivity contribution < 1.29 is 0 Å². The number of nitrogens with zero attached hydrogens (tertiary/aromatic N) is 5. The molecular weight excluding hydrogens is 422 g/mol. The SMILES string of the molecule is Cn1c(NCc2cccs2)nc2nc(N3CCCC(N)C3)n(Cc3ccccc3)c2c1=O. The van der Waals surface area contributed by atoms with Crippen molar-refractivity contribution in [1.82, 2.24) is 19.1 Å². The lowest BCUT2D eigenvalue weighted by atomic mass is 10.1. The van der Waals surface area contributed by atoms with E-state index < -0.39 is 0 Å². The summed E-state index contributed by atoms with van der Waals surface area (Å²) in [5.41, 5.74) is 8.24. The van der Waals surface area contributed by atoms with Gasteiger partial charge >= 0.3 is 0 Å². The molecule has 4 heterocycles. The minimum Gasteiger partial charge on any atom is -0.351 e. The Balaban J connectivity index is 1.59. The van der Waals surface area contributed by atoms with Gasteiger partial charge in [-0.25, -0.2) is 0 Å². The average Bonchev–Trinajstić information content (AvgIpc) is 3.44. The highest BCUT2D eigenvalue weighted by molar-refractivity contribution is 7.09. The van der Waals surface area contributed by atoms with Crippen molar-refractivity contribution in [2.45, 2.75) is 32.0 Å². The van der Waals surface area contributed by atoms with Gasteiger partial charge < -0.3 is 16.0 Å². The fraction of sp³-hybridized carbons (Fsp3) is 0.348. The predicted molar refractivity (Wildman–Crippen MR) is 129 cm³/mol. The second-order valence-electron chi connectivity index (χ2n) is 8.24. The van der Waals surface area contributed by atoms with E-state index in [1.54, 1.807) is 23.0 Å². The molecule has 1 aromatic carbocycles. The number of aromatic nitrogens is 4. The second kappa shape index (κ2) is 8.76. The Labute approximate surface area is 190 Å². The molecule has 0 amide bonds. The largest absolute Gasteiger partial charge is 0.351 e. The van der Waals surface area contributed by atoms with Crippen LogP contribution in [-0.2, 0) is 20.1 Å². The Kier molecular flexibility index (Phi) is 5.67. The number of rotatable bonds is 6. The molecule has 8 nitrogen and oxygen atoms in total. The molecule has 1 aliphatic heterocycles. The molecule has 0 aliphatic carbocycles. The van der Waals surface area contributed by atoms with Crippen molar-refractivity contribution in [1.29, 1.82) is 0 Å². The Morgan fingerprint density at radius 2 is 2.03 bits per heavy atom. The van der Waals surface area contributed by atoms with Gasteiger partial charge in [-0.15, -0.1) is 11.3 Å². The average molecular weight is 450 g/mol. The zero-order valence-corrected chi connectivity index (χ0v) is 18.9. The third-order valence-corrected chi connectivity index (χ3v) is 6.77. The van der Waals surface area contributed by atoms with Crippen molar-refractivity contribution >= 4 is 34.4 Å². The highest BCUT2D eigenvalue weighted by atomic mass is 32.1. The summed E-state index contributed by atoms with van der Waals surface area (Å²) in [5.74, 6) is 1.28. The Bertz CT molecular complexity index is 1260. The molecule has 1 fully saturated rings. The van der Waals surface area contributed by atoms with Crippen LogP contribution in [0.1, 0.15) is 23.3 Å². The van der Waals surface area contributed by atoms with E-state index in [1.807, 2.05) is 34.2 Å². The highest BCUT2D eigenvalue weighted by Crippen LogP contribution is 2.25. The van der Waals surface area contributed by atoms with Crippen molar-refractivity contribution in [2.75, 3.05) is 23.3 Å². The van der Waals surface area contributed by atoms with Crippen LogP contribution in [0.4, 0.5) is 11.9 Å². The molecule has 0 saturated carbocycles. The molecule has 166 valence electrons. The van der Waals surface area contributed by atoms with Gasteiger partial charge in [0, 0.05) is 31.1 Å². The molecular formula is C23H27N7OS. The number of piperidine rings is 1. The number of imidazole rings is 1. The number of hydrogen-bond acceptors (Lipinski definition) is 7. The van der Waals surface area contributed by atoms with Gasteiger partial charge in [0.05, 0.1) is 13.1 Å². The van der Waals surface area contributed by atoms with Gasteiger partial charge in [0.1, 0.15) is 0 Å². The zero-order valence-electron chi connectivity index (χ0n) is 18.1. The van der Waals surface area contributed by atoms with E-state index in [2.05, 4.69) is 28.4 Å². The summed E-state index contributed by atoms with van der Waals surface area (Å²) >= 11 is 1.67. The second-order valence-corrected chi connectivity index (χ2v) is 9.27. The molecule has 1 aliphatic rings. The van der Waals surface area contributed by atoms with E-state index >= 15 is 0 Å². The molecule has 9 heteroatoms. The first-order valence-corrected chi connectivity index (χ1v) is 11.8. The highest BCUT2D eigenvalue weighted by Gasteiger charge is 2.25. The summed E-state index contributed by atoms with van der Waals surface area (Å²) in [6.45, 7) is 2.76. The molecule has 3 N–H and O–H groups in total. The van der Waals surface area contributed by atoms with E-state index in [0.29, 0.717) is 30.2 Å². The van der Waals surface area contributed by atoms with Crippen LogP contribution >= 0.6 is 11.3 Å². The van der Waals surface area contributed by atoms with Gasteiger partial charge in [-0.2, -0.15) is 9.97 Å². The van der Waals surface area contributed by atoms with Gasteiger partial charge in [-0.05, 0) is 29.9 Å². The summed E-state index contributed by atoms with van der Waals surface area (Å²) in [5, 5.41) is 5.33. The fourth-order valence-corrected chi connectivity index (χ4v) is 4.88. The molecule has 4 aromatic rings. The van der Waals surface area contributed by atoms with Crippen molar-refractivity contribution in [3.63, 3.8) is 0 Å². The van der Waals surface area contributed by atoms with Gasteiger partial charge in [0.15, 0.2) is 11.2 Å². The van der Waals surface area contributed by atoms with E-state index in [9.17, 15) is 4.79 Å². The number of hydrogen-bond donors (Lipinski definition) is 2. The van der Waals surface area contributed by atoms with Crippen molar-refractivity contribution in [3.8, 4) is 0 Å². The van der Waals surface area contributed by atoms with Crippen LogP contribution in [0.3, 0.4) is 0 Å². The molecule has 1 atom stereocenters. The molecule has 0 radical (unpaired) electrons. The third kappa shape index (κ3) is 4.01. The summed E-state index contributed by atoms with van der Waals surface area (Å²) in [7, 11) is 1.75. The number of nitrogens with two attached hydrogens (primary N) is 1. The molecule has 1 unspecified atom stereocenters.